The second-order valence-electron chi connectivity index (χ2n) is 5.43. The molecule has 0 radical (unpaired) electrons. The number of rotatable bonds is 5. The molecular formula is C14H19ClN2O4S. The van der Waals surface area contributed by atoms with Gasteiger partial charge in [-0.1, -0.05) is 23.7 Å². The van der Waals surface area contributed by atoms with Crippen molar-refractivity contribution >= 4 is 27.5 Å². The molecule has 3 N–H and O–H groups in total. The summed E-state index contributed by atoms with van der Waals surface area (Å²) in [5.41, 5.74) is 0.620. The zero-order valence-electron chi connectivity index (χ0n) is 12.0. The van der Waals surface area contributed by atoms with Crippen molar-refractivity contribution in [2.75, 3.05) is 24.6 Å². The second-order valence-corrected chi connectivity index (χ2v) is 8.10. The van der Waals surface area contributed by atoms with Gasteiger partial charge in [0, 0.05) is 18.1 Å². The first-order valence-corrected chi connectivity index (χ1v) is 9.21. The van der Waals surface area contributed by atoms with Crippen molar-refractivity contribution in [2.45, 2.75) is 12.5 Å². The van der Waals surface area contributed by atoms with Gasteiger partial charge in [0.2, 0.25) is 0 Å². The third-order valence-corrected chi connectivity index (χ3v) is 5.64. The number of nitrogens with one attached hydrogen (secondary N) is 2. The Morgan fingerprint density at radius 2 is 2.18 bits per heavy atom. The largest absolute Gasteiger partial charge is 0.387 e. The number of amides is 2. The van der Waals surface area contributed by atoms with Gasteiger partial charge in [-0.2, -0.15) is 0 Å². The lowest BCUT2D eigenvalue weighted by atomic mass is 10.1. The highest BCUT2D eigenvalue weighted by molar-refractivity contribution is 7.91. The lowest BCUT2D eigenvalue weighted by Crippen LogP contribution is -2.40. The maximum atomic E-state index is 11.7. The summed E-state index contributed by atoms with van der Waals surface area (Å²) < 4.78 is 22.6. The quantitative estimate of drug-likeness (QED) is 0.744. The van der Waals surface area contributed by atoms with Crippen LogP contribution in [-0.4, -0.2) is 44.2 Å². The number of hydrogen-bond acceptors (Lipinski definition) is 4. The van der Waals surface area contributed by atoms with Crippen molar-refractivity contribution in [3.8, 4) is 0 Å². The Balaban J connectivity index is 1.71. The Bertz CT molecular complexity index is 635. The minimum Gasteiger partial charge on any atom is -0.387 e. The van der Waals surface area contributed by atoms with E-state index < -0.39 is 22.0 Å². The van der Waals surface area contributed by atoms with E-state index in [0.717, 1.165) is 0 Å². The van der Waals surface area contributed by atoms with Gasteiger partial charge in [-0.05, 0) is 30.0 Å². The van der Waals surface area contributed by atoms with Gasteiger partial charge in [-0.25, -0.2) is 13.2 Å². The van der Waals surface area contributed by atoms with Gasteiger partial charge in [0.25, 0.3) is 0 Å². The van der Waals surface area contributed by atoms with E-state index in [1.807, 2.05) is 0 Å². The van der Waals surface area contributed by atoms with Gasteiger partial charge in [-0.3, -0.25) is 0 Å². The van der Waals surface area contributed by atoms with Crippen molar-refractivity contribution in [2.24, 2.45) is 5.92 Å². The molecule has 1 aromatic rings. The van der Waals surface area contributed by atoms with Crippen LogP contribution in [0.25, 0.3) is 0 Å². The summed E-state index contributed by atoms with van der Waals surface area (Å²) >= 11 is 5.84. The molecule has 8 heteroatoms. The van der Waals surface area contributed by atoms with Crippen LogP contribution in [0.3, 0.4) is 0 Å². The van der Waals surface area contributed by atoms with Crippen LogP contribution >= 0.6 is 11.6 Å². The van der Waals surface area contributed by atoms with Gasteiger partial charge < -0.3 is 15.7 Å². The normalized spacial score (nSPS) is 21.3. The molecular weight excluding hydrogens is 328 g/mol. The number of hydrogen-bond donors (Lipinski definition) is 3. The second kappa shape index (κ2) is 7.30. The van der Waals surface area contributed by atoms with Crippen molar-refractivity contribution in [3.63, 3.8) is 0 Å². The third kappa shape index (κ3) is 5.15. The Labute approximate surface area is 134 Å². The molecule has 2 atom stereocenters. The Morgan fingerprint density at radius 3 is 2.82 bits per heavy atom. The van der Waals surface area contributed by atoms with Gasteiger partial charge in [-0.15, -0.1) is 0 Å². The van der Waals surface area contributed by atoms with E-state index in [-0.39, 0.29) is 24.0 Å². The maximum absolute atomic E-state index is 11.7. The van der Waals surface area contributed by atoms with E-state index in [1.54, 1.807) is 24.3 Å². The van der Waals surface area contributed by atoms with Crippen LogP contribution in [0.4, 0.5) is 4.79 Å². The fraction of sp³-hybridized carbons (Fsp3) is 0.500. The molecule has 1 aliphatic heterocycles. The van der Waals surface area contributed by atoms with Crippen molar-refractivity contribution < 1.29 is 18.3 Å². The summed E-state index contributed by atoms with van der Waals surface area (Å²) in [6, 6.07) is 6.36. The van der Waals surface area contributed by atoms with Crippen molar-refractivity contribution in [1.82, 2.24) is 10.6 Å². The average molecular weight is 347 g/mol. The highest BCUT2D eigenvalue weighted by Gasteiger charge is 2.27. The number of urea groups is 1. The molecule has 1 aromatic carbocycles. The monoisotopic (exact) mass is 346 g/mol. The topological polar surface area (TPSA) is 95.5 Å². The minimum atomic E-state index is -2.93. The fourth-order valence-electron chi connectivity index (χ4n) is 2.35. The van der Waals surface area contributed by atoms with Crippen LogP contribution < -0.4 is 10.6 Å². The maximum Gasteiger partial charge on any atom is 0.314 e. The highest BCUT2D eigenvalue weighted by atomic mass is 35.5. The van der Waals surface area contributed by atoms with Crippen molar-refractivity contribution in [3.05, 3.63) is 34.9 Å². The number of carbonyl (C=O) groups is 1. The zero-order chi connectivity index (χ0) is 16.2. The predicted octanol–water partition coefficient (Wildman–Crippen LogP) is 1.11. The summed E-state index contributed by atoms with van der Waals surface area (Å²) in [6.07, 6.45) is -0.274. The number of aliphatic hydroxyl groups excluding tert-OH is 1. The van der Waals surface area contributed by atoms with Crippen LogP contribution in [0.15, 0.2) is 24.3 Å². The van der Waals surface area contributed by atoms with Gasteiger partial charge in [0.15, 0.2) is 9.84 Å². The summed E-state index contributed by atoms with van der Waals surface area (Å²) in [7, 11) is -2.93. The van der Waals surface area contributed by atoms with Crippen LogP contribution in [0.5, 0.6) is 0 Å². The standard InChI is InChI=1S/C14H19ClN2O4S/c15-12-3-1-2-11(6-12)13(18)8-17-14(19)16-7-10-4-5-22(20,21)9-10/h1-3,6,10,13,18H,4-5,7-9H2,(H2,16,17,19)/t10-,13+/m1/s1. The summed E-state index contributed by atoms with van der Waals surface area (Å²) in [5, 5.41) is 15.7. The Morgan fingerprint density at radius 1 is 1.41 bits per heavy atom. The SMILES string of the molecule is O=C(NC[C@H]1CCS(=O)(=O)C1)NC[C@H](O)c1cccc(Cl)c1. The Hall–Kier alpha value is -1.31. The molecule has 1 aliphatic rings. The van der Waals surface area contributed by atoms with Crippen molar-refractivity contribution in [1.29, 1.82) is 0 Å². The lowest BCUT2D eigenvalue weighted by molar-refractivity contribution is 0.173. The van der Waals surface area contributed by atoms with E-state index in [4.69, 9.17) is 11.6 Å². The first-order valence-electron chi connectivity index (χ1n) is 7.01. The molecule has 1 heterocycles. The minimum absolute atomic E-state index is 0.0337. The summed E-state index contributed by atoms with van der Waals surface area (Å²) in [5.74, 6) is 0.279. The average Bonchev–Trinajstić information content (AvgIpc) is 2.82. The molecule has 0 unspecified atom stereocenters. The molecule has 1 saturated heterocycles. The van der Waals surface area contributed by atoms with Crippen LogP contribution in [-0.2, 0) is 9.84 Å². The predicted molar refractivity (Wildman–Crippen MR) is 84.6 cm³/mol. The van der Waals surface area contributed by atoms with E-state index in [0.29, 0.717) is 23.6 Å². The molecule has 0 spiro atoms. The molecule has 0 aromatic heterocycles. The van der Waals surface area contributed by atoms with E-state index in [2.05, 4.69) is 10.6 Å². The zero-order valence-corrected chi connectivity index (χ0v) is 13.5. The molecule has 0 aliphatic carbocycles. The Kier molecular flexibility index (Phi) is 5.66. The molecule has 2 rings (SSSR count). The molecule has 6 nitrogen and oxygen atoms in total. The number of aliphatic hydroxyl groups is 1. The van der Waals surface area contributed by atoms with Gasteiger partial charge >= 0.3 is 6.03 Å². The fourth-order valence-corrected chi connectivity index (χ4v) is 4.41. The molecule has 1 fully saturated rings. The molecule has 0 saturated carbocycles. The molecule has 0 bridgehead atoms. The van der Waals surface area contributed by atoms with Crippen LogP contribution in [0.1, 0.15) is 18.1 Å². The number of benzene rings is 1. The third-order valence-electron chi connectivity index (χ3n) is 3.57. The number of sulfone groups is 1. The molecule has 22 heavy (non-hydrogen) atoms. The lowest BCUT2D eigenvalue weighted by Gasteiger charge is -2.14. The summed E-state index contributed by atoms with van der Waals surface area (Å²) in [6.45, 7) is 0.369. The van der Waals surface area contributed by atoms with Gasteiger partial charge in [0.1, 0.15) is 0 Å². The smallest absolute Gasteiger partial charge is 0.314 e. The van der Waals surface area contributed by atoms with E-state index in [1.165, 1.54) is 0 Å². The first kappa shape index (κ1) is 17.1. The van der Waals surface area contributed by atoms with Crippen LogP contribution in [0.2, 0.25) is 5.02 Å². The number of halogens is 1. The number of carbonyl (C=O) groups excluding carboxylic acids is 1. The summed E-state index contributed by atoms with van der Waals surface area (Å²) in [4.78, 5) is 11.7. The highest BCUT2D eigenvalue weighted by Crippen LogP contribution is 2.18. The van der Waals surface area contributed by atoms with Crippen LogP contribution in [0, 0.1) is 5.92 Å². The van der Waals surface area contributed by atoms with E-state index in [9.17, 15) is 18.3 Å². The van der Waals surface area contributed by atoms with Gasteiger partial charge in [0.05, 0.1) is 17.6 Å². The molecule has 122 valence electrons. The first-order chi connectivity index (χ1) is 10.4. The van der Waals surface area contributed by atoms with E-state index >= 15 is 0 Å². The molecule has 2 amide bonds.